The van der Waals surface area contributed by atoms with Crippen LogP contribution < -0.4 is 4.72 Å². The molecular formula is C11H15BrClNO3S. The van der Waals surface area contributed by atoms with Gasteiger partial charge in [0.05, 0.1) is 5.02 Å². The lowest BCUT2D eigenvalue weighted by atomic mass is 10.3. The fourth-order valence-electron chi connectivity index (χ4n) is 1.38. The molecule has 4 nitrogen and oxygen atoms in total. The second-order valence-corrected chi connectivity index (χ2v) is 6.88. The van der Waals surface area contributed by atoms with Crippen LogP contribution in [0.4, 0.5) is 0 Å². The zero-order chi connectivity index (χ0) is 13.8. The minimum atomic E-state index is -3.60. The van der Waals surface area contributed by atoms with Crippen LogP contribution in [0.5, 0.6) is 0 Å². The number of hydrogen-bond donors (Lipinski definition) is 1. The molecule has 0 fully saturated rings. The quantitative estimate of drug-likeness (QED) is 0.852. The predicted octanol–water partition coefficient (Wildman–Crippen LogP) is 2.81. The maximum absolute atomic E-state index is 12.1. The van der Waals surface area contributed by atoms with Gasteiger partial charge in [-0.25, -0.2) is 13.1 Å². The smallest absolute Gasteiger partial charge is 0.242 e. The van der Waals surface area contributed by atoms with E-state index in [0.717, 1.165) is 4.47 Å². The molecule has 1 rings (SSSR count). The summed E-state index contributed by atoms with van der Waals surface area (Å²) in [6, 6.07) is 4.45. The summed E-state index contributed by atoms with van der Waals surface area (Å²) in [5, 5.41) is 0.191. The van der Waals surface area contributed by atoms with Crippen LogP contribution in [-0.4, -0.2) is 28.2 Å². The molecule has 0 spiro atoms. The minimum absolute atomic E-state index is 0.0802. The first-order valence-electron chi connectivity index (χ1n) is 5.33. The van der Waals surface area contributed by atoms with Crippen LogP contribution in [-0.2, 0) is 14.8 Å². The summed E-state index contributed by atoms with van der Waals surface area (Å²) in [5.74, 6) is 0. The zero-order valence-corrected chi connectivity index (χ0v) is 13.3. The van der Waals surface area contributed by atoms with Crippen LogP contribution in [0.15, 0.2) is 27.6 Å². The summed E-state index contributed by atoms with van der Waals surface area (Å²) in [6.07, 6.45) is 0.601. The molecule has 0 aliphatic rings. The number of hydrogen-bond acceptors (Lipinski definition) is 3. The maximum Gasteiger partial charge on any atom is 0.242 e. The van der Waals surface area contributed by atoms with Crippen molar-refractivity contribution in [3.8, 4) is 0 Å². The SMILES string of the molecule is COCCC(C)NS(=O)(=O)c1ccc(Br)cc1Cl. The highest BCUT2D eigenvalue weighted by Crippen LogP contribution is 2.25. The van der Waals surface area contributed by atoms with Crippen LogP contribution >= 0.6 is 27.5 Å². The van der Waals surface area contributed by atoms with Crippen molar-refractivity contribution in [2.45, 2.75) is 24.3 Å². The molecule has 0 aromatic heterocycles. The highest BCUT2D eigenvalue weighted by molar-refractivity contribution is 9.10. The van der Waals surface area contributed by atoms with Crippen LogP contribution in [0, 0.1) is 0 Å². The lowest BCUT2D eigenvalue weighted by Crippen LogP contribution is -2.33. The molecule has 0 aliphatic carbocycles. The number of benzene rings is 1. The topological polar surface area (TPSA) is 55.4 Å². The van der Waals surface area contributed by atoms with E-state index in [0.29, 0.717) is 13.0 Å². The van der Waals surface area contributed by atoms with E-state index in [2.05, 4.69) is 20.7 Å². The molecule has 1 unspecified atom stereocenters. The molecule has 7 heteroatoms. The van der Waals surface area contributed by atoms with Gasteiger partial charge in [0, 0.05) is 24.2 Å². The first-order valence-corrected chi connectivity index (χ1v) is 7.98. The molecule has 0 saturated carbocycles. The third-order valence-corrected chi connectivity index (χ3v) is 4.86. The Balaban J connectivity index is 2.86. The third kappa shape index (κ3) is 4.51. The van der Waals surface area contributed by atoms with E-state index in [-0.39, 0.29) is 16.0 Å². The van der Waals surface area contributed by atoms with Gasteiger partial charge in [-0.05, 0) is 31.5 Å². The maximum atomic E-state index is 12.1. The van der Waals surface area contributed by atoms with Crippen LogP contribution in [0.2, 0.25) is 5.02 Å². The Labute approximate surface area is 121 Å². The number of methoxy groups -OCH3 is 1. The number of halogens is 2. The van der Waals surface area contributed by atoms with Crippen molar-refractivity contribution in [3.63, 3.8) is 0 Å². The molecule has 102 valence electrons. The summed E-state index contributed by atoms with van der Waals surface area (Å²) in [7, 11) is -2.02. The van der Waals surface area contributed by atoms with Gasteiger partial charge in [0.2, 0.25) is 10.0 Å². The second-order valence-electron chi connectivity index (χ2n) is 3.88. The lowest BCUT2D eigenvalue weighted by molar-refractivity contribution is 0.188. The van der Waals surface area contributed by atoms with E-state index < -0.39 is 10.0 Å². The number of ether oxygens (including phenoxy) is 1. The third-order valence-electron chi connectivity index (χ3n) is 2.29. The van der Waals surface area contributed by atoms with Crippen molar-refractivity contribution in [1.29, 1.82) is 0 Å². The fourth-order valence-corrected chi connectivity index (χ4v) is 3.69. The van der Waals surface area contributed by atoms with Gasteiger partial charge >= 0.3 is 0 Å². The van der Waals surface area contributed by atoms with Crippen molar-refractivity contribution < 1.29 is 13.2 Å². The van der Waals surface area contributed by atoms with Gasteiger partial charge in [-0.15, -0.1) is 0 Å². The van der Waals surface area contributed by atoms with Crippen LogP contribution in [0.1, 0.15) is 13.3 Å². The number of nitrogens with one attached hydrogen (secondary N) is 1. The Bertz CT molecular complexity index is 507. The van der Waals surface area contributed by atoms with Crippen molar-refractivity contribution in [1.82, 2.24) is 4.72 Å². The van der Waals surface area contributed by atoms with Gasteiger partial charge in [-0.3, -0.25) is 0 Å². The van der Waals surface area contributed by atoms with Gasteiger partial charge in [-0.1, -0.05) is 27.5 Å². The standard InChI is InChI=1S/C11H15BrClNO3S/c1-8(5-6-17-2)14-18(15,16)11-4-3-9(12)7-10(11)13/h3-4,7-8,14H,5-6H2,1-2H3. The molecule has 0 heterocycles. The van der Waals surface area contributed by atoms with Crippen molar-refractivity contribution >= 4 is 37.6 Å². The molecule has 0 amide bonds. The van der Waals surface area contributed by atoms with Gasteiger partial charge in [0.15, 0.2) is 0 Å². The van der Waals surface area contributed by atoms with E-state index in [9.17, 15) is 8.42 Å². The van der Waals surface area contributed by atoms with E-state index in [4.69, 9.17) is 16.3 Å². The summed E-state index contributed by atoms with van der Waals surface area (Å²) < 4.78 is 32.4. The van der Waals surface area contributed by atoms with Gasteiger partial charge < -0.3 is 4.74 Å². The molecule has 0 radical (unpaired) electrons. The normalized spacial score (nSPS) is 13.6. The van der Waals surface area contributed by atoms with E-state index in [1.54, 1.807) is 26.2 Å². The van der Waals surface area contributed by atoms with Gasteiger partial charge in [0.25, 0.3) is 0 Å². The highest BCUT2D eigenvalue weighted by Gasteiger charge is 2.20. The van der Waals surface area contributed by atoms with Crippen molar-refractivity contribution in [2.75, 3.05) is 13.7 Å². The molecule has 0 saturated heterocycles. The Morgan fingerprint density at radius 2 is 2.17 bits per heavy atom. The second kappa shape index (κ2) is 6.86. The highest BCUT2D eigenvalue weighted by atomic mass is 79.9. The summed E-state index contributed by atoms with van der Waals surface area (Å²) in [6.45, 7) is 2.28. The summed E-state index contributed by atoms with van der Waals surface area (Å²) >= 11 is 9.16. The number of rotatable bonds is 6. The first-order chi connectivity index (χ1) is 8.36. The predicted molar refractivity (Wildman–Crippen MR) is 75.4 cm³/mol. The molecule has 1 atom stereocenters. The number of sulfonamides is 1. The first kappa shape index (κ1) is 15.9. The summed E-state index contributed by atoms with van der Waals surface area (Å²) in [5.41, 5.74) is 0. The molecule has 1 aromatic carbocycles. The molecular weight excluding hydrogens is 342 g/mol. The Morgan fingerprint density at radius 3 is 2.72 bits per heavy atom. The van der Waals surface area contributed by atoms with E-state index in [1.807, 2.05) is 0 Å². The van der Waals surface area contributed by atoms with Gasteiger partial charge in [-0.2, -0.15) is 0 Å². The average Bonchev–Trinajstić information content (AvgIpc) is 2.25. The molecule has 0 bridgehead atoms. The fraction of sp³-hybridized carbons (Fsp3) is 0.455. The van der Waals surface area contributed by atoms with Crippen LogP contribution in [0.25, 0.3) is 0 Å². The molecule has 1 aromatic rings. The molecule has 0 aliphatic heterocycles. The zero-order valence-electron chi connectivity index (χ0n) is 10.1. The van der Waals surface area contributed by atoms with Crippen LogP contribution in [0.3, 0.4) is 0 Å². The Hall–Kier alpha value is -0.140. The van der Waals surface area contributed by atoms with E-state index >= 15 is 0 Å². The van der Waals surface area contributed by atoms with Crippen molar-refractivity contribution in [2.24, 2.45) is 0 Å². The monoisotopic (exact) mass is 355 g/mol. The molecule has 1 N–H and O–H groups in total. The Kier molecular flexibility index (Phi) is 6.07. The average molecular weight is 357 g/mol. The Morgan fingerprint density at radius 1 is 1.50 bits per heavy atom. The lowest BCUT2D eigenvalue weighted by Gasteiger charge is -2.14. The summed E-state index contributed by atoms with van der Waals surface area (Å²) in [4.78, 5) is 0.0802. The molecule has 18 heavy (non-hydrogen) atoms. The largest absolute Gasteiger partial charge is 0.385 e. The van der Waals surface area contributed by atoms with Gasteiger partial charge in [0.1, 0.15) is 4.90 Å². The minimum Gasteiger partial charge on any atom is -0.385 e. The van der Waals surface area contributed by atoms with Crippen molar-refractivity contribution in [3.05, 3.63) is 27.7 Å². The van der Waals surface area contributed by atoms with E-state index in [1.165, 1.54) is 6.07 Å².